The van der Waals surface area contributed by atoms with Gasteiger partial charge in [-0.15, -0.1) is 11.3 Å². The number of ether oxygens (including phenoxy) is 1. The largest absolute Gasteiger partial charge is 0.465 e. The van der Waals surface area contributed by atoms with Crippen LogP contribution in [0.5, 0.6) is 0 Å². The van der Waals surface area contributed by atoms with E-state index < -0.39 is 5.97 Å². The monoisotopic (exact) mass is 323 g/mol. The summed E-state index contributed by atoms with van der Waals surface area (Å²) in [6.45, 7) is 1.83. The minimum atomic E-state index is -0.449. The van der Waals surface area contributed by atoms with Crippen LogP contribution in [0.1, 0.15) is 20.8 Å². The molecule has 0 atom stereocenters. The van der Waals surface area contributed by atoms with Gasteiger partial charge in [0.1, 0.15) is 4.88 Å². The topological polar surface area (TPSA) is 55.4 Å². The van der Waals surface area contributed by atoms with E-state index in [9.17, 15) is 9.59 Å². The Labute approximate surface area is 131 Å². The van der Waals surface area contributed by atoms with Crippen LogP contribution >= 0.6 is 22.9 Å². The number of esters is 1. The van der Waals surface area contributed by atoms with Crippen molar-refractivity contribution in [1.82, 2.24) is 0 Å². The van der Waals surface area contributed by atoms with Crippen LogP contribution in [0, 0.1) is 6.92 Å². The van der Waals surface area contributed by atoms with E-state index in [-0.39, 0.29) is 12.3 Å². The van der Waals surface area contributed by atoms with Crippen molar-refractivity contribution in [2.45, 2.75) is 13.3 Å². The smallest absolute Gasteiger partial charge is 0.350 e. The molecular weight excluding hydrogens is 310 g/mol. The van der Waals surface area contributed by atoms with Gasteiger partial charge in [0.25, 0.3) is 0 Å². The number of hydrogen-bond acceptors (Lipinski definition) is 4. The number of amides is 1. The summed E-state index contributed by atoms with van der Waals surface area (Å²) in [7, 11) is 1.32. The van der Waals surface area contributed by atoms with Crippen LogP contribution in [0.2, 0.25) is 5.02 Å². The minimum Gasteiger partial charge on any atom is -0.465 e. The molecule has 1 heterocycles. The van der Waals surface area contributed by atoms with Crippen LogP contribution in [0.3, 0.4) is 0 Å². The Hall–Kier alpha value is -1.85. The zero-order chi connectivity index (χ0) is 15.4. The summed E-state index contributed by atoms with van der Waals surface area (Å²) in [4.78, 5) is 24.1. The molecule has 1 aromatic carbocycles. The van der Waals surface area contributed by atoms with E-state index in [4.69, 9.17) is 16.3 Å². The van der Waals surface area contributed by atoms with Crippen LogP contribution in [-0.4, -0.2) is 19.0 Å². The number of methoxy groups -OCH3 is 1. The van der Waals surface area contributed by atoms with Gasteiger partial charge >= 0.3 is 5.97 Å². The molecule has 1 aromatic heterocycles. The molecule has 110 valence electrons. The van der Waals surface area contributed by atoms with Gasteiger partial charge in [-0.2, -0.15) is 0 Å². The van der Waals surface area contributed by atoms with E-state index in [0.29, 0.717) is 15.6 Å². The molecular formula is C15H14ClNO3S. The lowest BCUT2D eigenvalue weighted by Crippen LogP contribution is -2.16. The summed E-state index contributed by atoms with van der Waals surface area (Å²) < 4.78 is 4.71. The predicted molar refractivity (Wildman–Crippen MR) is 84.2 cm³/mol. The maximum Gasteiger partial charge on any atom is 0.350 e. The molecule has 0 aliphatic carbocycles. The number of carbonyl (C=O) groups excluding carboxylic acids is 2. The fraction of sp³-hybridized carbons (Fsp3) is 0.200. The van der Waals surface area contributed by atoms with Crippen molar-refractivity contribution in [1.29, 1.82) is 0 Å². The maximum absolute atomic E-state index is 12.1. The number of rotatable bonds is 4. The molecule has 4 nitrogen and oxygen atoms in total. The number of thiophene rings is 1. The zero-order valence-electron chi connectivity index (χ0n) is 11.6. The average molecular weight is 324 g/mol. The highest BCUT2D eigenvalue weighted by Gasteiger charge is 2.18. The molecule has 21 heavy (non-hydrogen) atoms. The van der Waals surface area contributed by atoms with E-state index in [2.05, 4.69) is 5.32 Å². The predicted octanol–water partition coefficient (Wildman–Crippen LogP) is 3.68. The Kier molecular flexibility index (Phi) is 4.98. The molecule has 0 radical (unpaired) electrons. The molecule has 0 saturated heterocycles. The van der Waals surface area contributed by atoms with E-state index in [1.54, 1.807) is 24.3 Å². The molecule has 0 aliphatic rings. The van der Waals surface area contributed by atoms with Crippen molar-refractivity contribution in [2.24, 2.45) is 0 Å². The Morgan fingerprint density at radius 1 is 1.29 bits per heavy atom. The van der Waals surface area contributed by atoms with E-state index in [1.807, 2.05) is 12.3 Å². The zero-order valence-corrected chi connectivity index (χ0v) is 13.2. The minimum absolute atomic E-state index is 0.191. The highest BCUT2D eigenvalue weighted by molar-refractivity contribution is 7.12. The Morgan fingerprint density at radius 2 is 1.95 bits per heavy atom. The Bertz CT molecular complexity index is 664. The summed E-state index contributed by atoms with van der Waals surface area (Å²) in [6, 6.07) is 7.06. The van der Waals surface area contributed by atoms with Gasteiger partial charge in [0.05, 0.1) is 19.2 Å². The van der Waals surface area contributed by atoms with Gasteiger partial charge in [-0.3, -0.25) is 4.79 Å². The molecule has 0 spiro atoms. The van der Waals surface area contributed by atoms with Crippen molar-refractivity contribution in [2.75, 3.05) is 12.4 Å². The van der Waals surface area contributed by atoms with Crippen molar-refractivity contribution in [3.63, 3.8) is 0 Å². The summed E-state index contributed by atoms with van der Waals surface area (Å²) in [5.41, 5.74) is 2.21. The van der Waals surface area contributed by atoms with Crippen LogP contribution in [0.15, 0.2) is 29.6 Å². The number of anilines is 1. The van der Waals surface area contributed by atoms with Gasteiger partial charge in [0.2, 0.25) is 5.91 Å². The molecule has 2 aromatic rings. The summed E-state index contributed by atoms with van der Waals surface area (Å²) in [5.74, 6) is -0.640. The molecule has 0 saturated carbocycles. The molecule has 0 unspecified atom stereocenters. The van der Waals surface area contributed by atoms with Crippen molar-refractivity contribution >= 4 is 40.5 Å². The number of nitrogens with one attached hydrogen (secondary N) is 1. The molecule has 1 N–H and O–H groups in total. The molecule has 0 aliphatic heterocycles. The van der Waals surface area contributed by atoms with Gasteiger partial charge in [0.15, 0.2) is 0 Å². The number of benzene rings is 1. The third-order valence-electron chi connectivity index (χ3n) is 2.89. The lowest BCUT2D eigenvalue weighted by molar-refractivity contribution is -0.115. The van der Waals surface area contributed by atoms with E-state index in [0.717, 1.165) is 11.1 Å². The summed E-state index contributed by atoms with van der Waals surface area (Å²) in [6.07, 6.45) is 0.215. The third kappa shape index (κ3) is 3.83. The van der Waals surface area contributed by atoms with Crippen molar-refractivity contribution in [3.8, 4) is 0 Å². The van der Waals surface area contributed by atoms with Crippen LogP contribution in [-0.2, 0) is 16.0 Å². The fourth-order valence-electron chi connectivity index (χ4n) is 1.81. The second-order valence-corrected chi connectivity index (χ2v) is 5.78. The first-order valence-electron chi connectivity index (χ1n) is 6.22. The third-order valence-corrected chi connectivity index (χ3v) is 4.22. The number of hydrogen-bond donors (Lipinski definition) is 1. The van der Waals surface area contributed by atoms with Crippen LogP contribution in [0.4, 0.5) is 5.69 Å². The summed E-state index contributed by atoms with van der Waals surface area (Å²) >= 11 is 7.06. The molecule has 0 fully saturated rings. The number of halogens is 1. The normalized spacial score (nSPS) is 10.2. The molecule has 2 rings (SSSR count). The first-order chi connectivity index (χ1) is 10.0. The van der Waals surface area contributed by atoms with Crippen LogP contribution < -0.4 is 5.32 Å². The fourth-order valence-corrected chi connectivity index (χ4v) is 2.86. The number of carbonyl (C=O) groups is 2. The Morgan fingerprint density at radius 3 is 2.57 bits per heavy atom. The molecule has 6 heteroatoms. The van der Waals surface area contributed by atoms with E-state index in [1.165, 1.54) is 18.4 Å². The van der Waals surface area contributed by atoms with Gasteiger partial charge in [-0.1, -0.05) is 23.7 Å². The van der Waals surface area contributed by atoms with Gasteiger partial charge in [0, 0.05) is 5.02 Å². The second-order valence-electron chi connectivity index (χ2n) is 4.47. The van der Waals surface area contributed by atoms with Gasteiger partial charge in [-0.05, 0) is 35.6 Å². The number of aryl methyl sites for hydroxylation is 1. The van der Waals surface area contributed by atoms with Gasteiger partial charge < -0.3 is 10.1 Å². The lowest BCUT2D eigenvalue weighted by atomic mass is 10.1. The van der Waals surface area contributed by atoms with Crippen LogP contribution in [0.25, 0.3) is 0 Å². The van der Waals surface area contributed by atoms with Crippen molar-refractivity contribution < 1.29 is 14.3 Å². The summed E-state index contributed by atoms with van der Waals surface area (Å²) in [5, 5.41) is 5.21. The first kappa shape index (κ1) is 15.5. The maximum atomic E-state index is 12.1. The van der Waals surface area contributed by atoms with E-state index >= 15 is 0 Å². The molecule has 0 bridgehead atoms. The van der Waals surface area contributed by atoms with Gasteiger partial charge in [-0.25, -0.2) is 4.79 Å². The molecule has 1 amide bonds. The second kappa shape index (κ2) is 6.74. The average Bonchev–Trinajstić information content (AvgIpc) is 2.82. The first-order valence-corrected chi connectivity index (χ1v) is 7.47. The SMILES string of the molecule is COC(=O)c1scc(C)c1NC(=O)Cc1ccc(Cl)cc1. The standard InChI is InChI=1S/C15H14ClNO3S/c1-9-8-21-14(15(19)20-2)13(9)17-12(18)7-10-3-5-11(16)6-4-10/h3-6,8H,7H2,1-2H3,(H,17,18). The highest BCUT2D eigenvalue weighted by atomic mass is 35.5. The van der Waals surface area contributed by atoms with Crippen molar-refractivity contribution in [3.05, 3.63) is 50.7 Å². The quantitative estimate of drug-likeness (QED) is 0.873. The lowest BCUT2D eigenvalue weighted by Gasteiger charge is -2.07. The Balaban J connectivity index is 2.11. The highest BCUT2D eigenvalue weighted by Crippen LogP contribution is 2.28.